The summed E-state index contributed by atoms with van der Waals surface area (Å²) in [5.74, 6) is 0.658. The first kappa shape index (κ1) is 14.1. The van der Waals surface area contributed by atoms with Crippen molar-refractivity contribution in [2.24, 2.45) is 0 Å². The molecule has 108 valence electrons. The summed E-state index contributed by atoms with van der Waals surface area (Å²) in [7, 11) is 0. The SMILES string of the molecule is Cc1ccc(NC(=O)C2CCOc3ccccc32)c(Br)c1. The van der Waals surface area contributed by atoms with Gasteiger partial charge in [-0.2, -0.15) is 0 Å². The maximum absolute atomic E-state index is 12.6. The Balaban J connectivity index is 1.83. The number of anilines is 1. The van der Waals surface area contributed by atoms with Gasteiger partial charge in [0.1, 0.15) is 5.75 Å². The van der Waals surface area contributed by atoms with Gasteiger partial charge in [0.25, 0.3) is 0 Å². The highest BCUT2D eigenvalue weighted by Gasteiger charge is 2.27. The fraction of sp³-hybridized carbons (Fsp3) is 0.235. The topological polar surface area (TPSA) is 38.3 Å². The van der Waals surface area contributed by atoms with Crippen molar-refractivity contribution in [3.05, 3.63) is 58.1 Å². The summed E-state index contributed by atoms with van der Waals surface area (Å²) in [6.07, 6.45) is 0.701. The van der Waals surface area contributed by atoms with Crippen molar-refractivity contribution in [3.63, 3.8) is 0 Å². The highest BCUT2D eigenvalue weighted by Crippen LogP contribution is 2.34. The number of carbonyl (C=O) groups is 1. The standard InChI is InChI=1S/C17H16BrNO2/c1-11-6-7-15(14(18)10-11)19-17(20)13-8-9-21-16-5-3-2-4-12(13)16/h2-7,10,13H,8-9H2,1H3,(H,19,20). The lowest BCUT2D eigenvalue weighted by Crippen LogP contribution is -2.26. The number of hydrogen-bond donors (Lipinski definition) is 1. The van der Waals surface area contributed by atoms with E-state index in [1.807, 2.05) is 49.4 Å². The molecule has 0 saturated carbocycles. The van der Waals surface area contributed by atoms with E-state index in [1.54, 1.807) is 0 Å². The Labute approximate surface area is 132 Å². The molecule has 0 radical (unpaired) electrons. The number of benzene rings is 2. The number of rotatable bonds is 2. The van der Waals surface area contributed by atoms with Crippen molar-refractivity contribution in [2.75, 3.05) is 11.9 Å². The molecule has 1 heterocycles. The number of fused-ring (bicyclic) bond motifs is 1. The lowest BCUT2D eigenvalue weighted by molar-refractivity contribution is -0.118. The van der Waals surface area contributed by atoms with Crippen LogP contribution in [-0.4, -0.2) is 12.5 Å². The van der Waals surface area contributed by atoms with Crippen LogP contribution in [0.4, 0.5) is 5.69 Å². The fourth-order valence-corrected chi connectivity index (χ4v) is 3.15. The molecule has 2 aromatic rings. The molecule has 0 fully saturated rings. The molecule has 1 aliphatic heterocycles. The summed E-state index contributed by atoms with van der Waals surface area (Å²) in [6.45, 7) is 2.59. The molecule has 3 rings (SSSR count). The summed E-state index contributed by atoms with van der Waals surface area (Å²) < 4.78 is 6.50. The van der Waals surface area contributed by atoms with Crippen LogP contribution in [0.25, 0.3) is 0 Å². The summed E-state index contributed by atoms with van der Waals surface area (Å²) in [6, 6.07) is 13.6. The summed E-state index contributed by atoms with van der Waals surface area (Å²) in [5, 5.41) is 3.01. The highest BCUT2D eigenvalue weighted by atomic mass is 79.9. The molecule has 0 saturated heterocycles. The second-order valence-corrected chi connectivity index (χ2v) is 6.05. The van der Waals surface area contributed by atoms with Gasteiger partial charge in [-0.05, 0) is 53.0 Å². The molecule has 1 N–H and O–H groups in total. The summed E-state index contributed by atoms with van der Waals surface area (Å²) >= 11 is 3.49. The monoisotopic (exact) mass is 345 g/mol. The van der Waals surface area contributed by atoms with Crippen LogP contribution in [0.1, 0.15) is 23.5 Å². The van der Waals surface area contributed by atoms with E-state index in [1.165, 1.54) is 0 Å². The van der Waals surface area contributed by atoms with Gasteiger partial charge in [-0.1, -0.05) is 24.3 Å². The largest absolute Gasteiger partial charge is 0.493 e. The van der Waals surface area contributed by atoms with Gasteiger partial charge in [0.05, 0.1) is 18.2 Å². The van der Waals surface area contributed by atoms with Crippen molar-refractivity contribution in [2.45, 2.75) is 19.3 Å². The molecule has 1 amide bonds. The van der Waals surface area contributed by atoms with Crippen LogP contribution in [0.15, 0.2) is 46.9 Å². The third kappa shape index (κ3) is 2.95. The average molecular weight is 346 g/mol. The quantitative estimate of drug-likeness (QED) is 0.882. The smallest absolute Gasteiger partial charge is 0.232 e. The predicted octanol–water partition coefficient (Wildman–Crippen LogP) is 4.26. The second-order valence-electron chi connectivity index (χ2n) is 5.20. The molecule has 1 atom stereocenters. The van der Waals surface area contributed by atoms with Gasteiger partial charge >= 0.3 is 0 Å². The Morgan fingerprint density at radius 3 is 2.90 bits per heavy atom. The van der Waals surface area contributed by atoms with E-state index in [0.29, 0.717) is 13.0 Å². The molecule has 0 aliphatic carbocycles. The van der Waals surface area contributed by atoms with Crippen molar-refractivity contribution >= 4 is 27.5 Å². The normalized spacial score (nSPS) is 16.8. The maximum atomic E-state index is 12.6. The Morgan fingerprint density at radius 1 is 1.29 bits per heavy atom. The van der Waals surface area contributed by atoms with Crippen LogP contribution >= 0.6 is 15.9 Å². The van der Waals surface area contributed by atoms with Gasteiger partial charge in [0, 0.05) is 10.0 Å². The van der Waals surface area contributed by atoms with Crippen molar-refractivity contribution in [1.29, 1.82) is 0 Å². The molecule has 0 bridgehead atoms. The lowest BCUT2D eigenvalue weighted by atomic mass is 9.92. The summed E-state index contributed by atoms with van der Waals surface area (Å²) in [4.78, 5) is 12.6. The highest BCUT2D eigenvalue weighted by molar-refractivity contribution is 9.10. The molecular formula is C17H16BrNO2. The molecule has 0 aromatic heterocycles. The number of nitrogens with one attached hydrogen (secondary N) is 1. The van der Waals surface area contributed by atoms with E-state index in [4.69, 9.17) is 4.74 Å². The van der Waals surface area contributed by atoms with Crippen LogP contribution in [0.5, 0.6) is 5.75 Å². The zero-order valence-corrected chi connectivity index (χ0v) is 13.3. The zero-order chi connectivity index (χ0) is 14.8. The molecule has 21 heavy (non-hydrogen) atoms. The van der Waals surface area contributed by atoms with Crippen LogP contribution in [0.3, 0.4) is 0 Å². The van der Waals surface area contributed by atoms with E-state index in [2.05, 4.69) is 21.2 Å². The molecule has 0 spiro atoms. The first-order chi connectivity index (χ1) is 10.1. The molecular weight excluding hydrogens is 330 g/mol. The van der Waals surface area contributed by atoms with Gasteiger partial charge in [0.2, 0.25) is 5.91 Å². The van der Waals surface area contributed by atoms with Crippen LogP contribution in [0, 0.1) is 6.92 Å². The minimum atomic E-state index is -0.164. The van der Waals surface area contributed by atoms with Crippen molar-refractivity contribution in [1.82, 2.24) is 0 Å². The number of carbonyl (C=O) groups excluding carboxylic acids is 1. The Bertz CT molecular complexity index is 684. The van der Waals surface area contributed by atoms with E-state index in [0.717, 1.165) is 27.0 Å². The van der Waals surface area contributed by atoms with Crippen LogP contribution in [-0.2, 0) is 4.79 Å². The average Bonchev–Trinajstić information content (AvgIpc) is 2.49. The number of hydrogen-bond acceptors (Lipinski definition) is 2. The molecule has 1 aliphatic rings. The minimum absolute atomic E-state index is 0.00954. The van der Waals surface area contributed by atoms with Gasteiger partial charge in [-0.25, -0.2) is 0 Å². The summed E-state index contributed by atoms with van der Waals surface area (Å²) in [5.41, 5.74) is 2.91. The number of amides is 1. The predicted molar refractivity (Wildman–Crippen MR) is 86.8 cm³/mol. The van der Waals surface area contributed by atoms with Crippen LogP contribution < -0.4 is 10.1 Å². The first-order valence-electron chi connectivity index (χ1n) is 6.94. The third-order valence-corrected chi connectivity index (χ3v) is 4.31. The number of para-hydroxylation sites is 1. The van der Waals surface area contributed by atoms with E-state index >= 15 is 0 Å². The van der Waals surface area contributed by atoms with E-state index in [-0.39, 0.29) is 11.8 Å². The Morgan fingerprint density at radius 2 is 2.10 bits per heavy atom. The molecule has 1 unspecified atom stereocenters. The number of ether oxygens (including phenoxy) is 1. The fourth-order valence-electron chi connectivity index (χ4n) is 2.56. The van der Waals surface area contributed by atoms with E-state index < -0.39 is 0 Å². The van der Waals surface area contributed by atoms with E-state index in [9.17, 15) is 4.79 Å². The number of halogens is 1. The van der Waals surface area contributed by atoms with Gasteiger partial charge < -0.3 is 10.1 Å². The third-order valence-electron chi connectivity index (χ3n) is 3.66. The Kier molecular flexibility index (Phi) is 3.97. The zero-order valence-electron chi connectivity index (χ0n) is 11.7. The lowest BCUT2D eigenvalue weighted by Gasteiger charge is -2.25. The molecule has 2 aromatic carbocycles. The minimum Gasteiger partial charge on any atom is -0.493 e. The Hall–Kier alpha value is -1.81. The maximum Gasteiger partial charge on any atom is 0.232 e. The van der Waals surface area contributed by atoms with Crippen molar-refractivity contribution < 1.29 is 9.53 Å². The van der Waals surface area contributed by atoms with Crippen LogP contribution in [0.2, 0.25) is 0 Å². The molecule has 4 heteroatoms. The van der Waals surface area contributed by atoms with Gasteiger partial charge in [0.15, 0.2) is 0 Å². The van der Waals surface area contributed by atoms with Gasteiger partial charge in [-0.3, -0.25) is 4.79 Å². The second kappa shape index (κ2) is 5.90. The first-order valence-corrected chi connectivity index (χ1v) is 7.73. The van der Waals surface area contributed by atoms with Crippen molar-refractivity contribution in [3.8, 4) is 5.75 Å². The van der Waals surface area contributed by atoms with Gasteiger partial charge in [-0.15, -0.1) is 0 Å². The number of aryl methyl sites for hydroxylation is 1. The molecule has 3 nitrogen and oxygen atoms in total.